The van der Waals surface area contributed by atoms with Gasteiger partial charge in [0.05, 0.1) is 14.2 Å². The average Bonchev–Trinajstić information content (AvgIpc) is 2.43. The Morgan fingerprint density at radius 3 is 2.61 bits per heavy atom. The van der Waals surface area contributed by atoms with Crippen LogP contribution in [0.15, 0.2) is 18.2 Å². The van der Waals surface area contributed by atoms with Gasteiger partial charge in [-0.25, -0.2) is 0 Å². The monoisotopic (exact) mass is 253 g/mol. The van der Waals surface area contributed by atoms with Crippen LogP contribution in [0, 0.1) is 0 Å². The Morgan fingerprint density at radius 1 is 1.28 bits per heavy atom. The summed E-state index contributed by atoms with van der Waals surface area (Å²) in [5.74, 6) is 1.61. The summed E-state index contributed by atoms with van der Waals surface area (Å²) in [4.78, 5) is 0. The SMILES string of the molecule is CCC(CCO)NCc1ccc(OC)cc1OC. The Morgan fingerprint density at radius 2 is 2.06 bits per heavy atom. The zero-order valence-corrected chi connectivity index (χ0v) is 11.4. The van der Waals surface area contributed by atoms with E-state index in [0.29, 0.717) is 6.04 Å². The summed E-state index contributed by atoms with van der Waals surface area (Å²) >= 11 is 0. The first-order chi connectivity index (χ1) is 8.74. The summed E-state index contributed by atoms with van der Waals surface area (Å²) < 4.78 is 10.5. The highest BCUT2D eigenvalue weighted by atomic mass is 16.5. The van der Waals surface area contributed by atoms with Crippen LogP contribution in [0.2, 0.25) is 0 Å². The Kier molecular flexibility index (Phi) is 6.54. The summed E-state index contributed by atoms with van der Waals surface area (Å²) in [6, 6.07) is 6.13. The molecule has 0 aromatic heterocycles. The van der Waals surface area contributed by atoms with Crippen LogP contribution in [-0.4, -0.2) is 32.0 Å². The number of aliphatic hydroxyl groups excluding tert-OH is 1. The number of benzene rings is 1. The van der Waals surface area contributed by atoms with Crippen LogP contribution >= 0.6 is 0 Å². The molecule has 1 unspecified atom stereocenters. The molecule has 0 saturated carbocycles. The van der Waals surface area contributed by atoms with Crippen molar-refractivity contribution in [1.29, 1.82) is 0 Å². The highest BCUT2D eigenvalue weighted by Gasteiger charge is 2.08. The lowest BCUT2D eigenvalue weighted by Gasteiger charge is -2.17. The first-order valence-electron chi connectivity index (χ1n) is 6.30. The van der Waals surface area contributed by atoms with Gasteiger partial charge in [-0.2, -0.15) is 0 Å². The third-order valence-electron chi connectivity index (χ3n) is 3.05. The van der Waals surface area contributed by atoms with Crippen LogP contribution in [0.3, 0.4) is 0 Å². The Balaban J connectivity index is 2.65. The summed E-state index contributed by atoms with van der Waals surface area (Å²) in [5.41, 5.74) is 1.09. The van der Waals surface area contributed by atoms with Gasteiger partial charge in [0.15, 0.2) is 0 Å². The topological polar surface area (TPSA) is 50.7 Å². The van der Waals surface area contributed by atoms with Crippen molar-refractivity contribution in [3.63, 3.8) is 0 Å². The highest BCUT2D eigenvalue weighted by molar-refractivity contribution is 5.40. The van der Waals surface area contributed by atoms with E-state index in [2.05, 4.69) is 12.2 Å². The van der Waals surface area contributed by atoms with Gasteiger partial charge >= 0.3 is 0 Å². The molecule has 1 aromatic rings. The van der Waals surface area contributed by atoms with Crippen molar-refractivity contribution in [3.05, 3.63) is 23.8 Å². The summed E-state index contributed by atoms with van der Waals surface area (Å²) in [5, 5.41) is 12.4. The van der Waals surface area contributed by atoms with Gasteiger partial charge < -0.3 is 19.9 Å². The normalized spacial score (nSPS) is 12.2. The Bertz CT molecular complexity index is 355. The fraction of sp³-hybridized carbons (Fsp3) is 0.571. The number of ether oxygens (including phenoxy) is 2. The van der Waals surface area contributed by atoms with Crippen molar-refractivity contribution in [2.45, 2.75) is 32.4 Å². The molecule has 0 heterocycles. The van der Waals surface area contributed by atoms with Crippen LogP contribution in [0.5, 0.6) is 11.5 Å². The van der Waals surface area contributed by atoms with Crippen molar-refractivity contribution in [3.8, 4) is 11.5 Å². The summed E-state index contributed by atoms with van der Waals surface area (Å²) in [7, 11) is 3.30. The highest BCUT2D eigenvalue weighted by Crippen LogP contribution is 2.24. The molecule has 1 aromatic carbocycles. The Hall–Kier alpha value is -1.26. The lowest BCUT2D eigenvalue weighted by atomic mass is 10.1. The molecule has 0 spiro atoms. The van der Waals surface area contributed by atoms with Gasteiger partial charge in [-0.3, -0.25) is 0 Å². The summed E-state index contributed by atoms with van der Waals surface area (Å²) in [6.45, 7) is 3.05. The lowest BCUT2D eigenvalue weighted by molar-refractivity contribution is 0.261. The predicted octanol–water partition coefficient (Wildman–Crippen LogP) is 1.95. The maximum atomic E-state index is 8.95. The molecule has 0 aliphatic carbocycles. The maximum absolute atomic E-state index is 8.95. The third kappa shape index (κ3) is 4.20. The van der Waals surface area contributed by atoms with E-state index in [1.807, 2.05) is 18.2 Å². The Labute approximate surface area is 109 Å². The zero-order chi connectivity index (χ0) is 13.4. The molecule has 0 radical (unpaired) electrons. The number of hydrogen-bond donors (Lipinski definition) is 2. The van der Waals surface area contributed by atoms with E-state index in [4.69, 9.17) is 14.6 Å². The molecule has 0 bridgehead atoms. The molecular weight excluding hydrogens is 230 g/mol. The van der Waals surface area contributed by atoms with Crippen molar-refractivity contribution in [2.24, 2.45) is 0 Å². The smallest absolute Gasteiger partial charge is 0.127 e. The second kappa shape index (κ2) is 7.95. The molecule has 102 valence electrons. The molecule has 0 saturated heterocycles. The molecule has 0 aliphatic rings. The van der Waals surface area contributed by atoms with Crippen LogP contribution in [-0.2, 0) is 6.54 Å². The van der Waals surface area contributed by atoms with E-state index < -0.39 is 0 Å². The number of rotatable bonds is 8. The first-order valence-corrected chi connectivity index (χ1v) is 6.30. The van der Waals surface area contributed by atoms with E-state index in [0.717, 1.165) is 36.4 Å². The second-order valence-electron chi connectivity index (χ2n) is 4.18. The van der Waals surface area contributed by atoms with Crippen molar-refractivity contribution >= 4 is 0 Å². The molecule has 0 fully saturated rings. The van der Waals surface area contributed by atoms with Gasteiger partial charge in [-0.15, -0.1) is 0 Å². The lowest BCUT2D eigenvalue weighted by Crippen LogP contribution is -2.29. The van der Waals surface area contributed by atoms with E-state index in [-0.39, 0.29) is 6.61 Å². The van der Waals surface area contributed by atoms with Gasteiger partial charge in [0, 0.05) is 30.8 Å². The van der Waals surface area contributed by atoms with Gasteiger partial charge in [0.25, 0.3) is 0 Å². The molecule has 1 rings (SSSR count). The van der Waals surface area contributed by atoms with Gasteiger partial charge in [-0.05, 0) is 18.9 Å². The molecule has 2 N–H and O–H groups in total. The van der Waals surface area contributed by atoms with Crippen LogP contribution in [0.1, 0.15) is 25.3 Å². The standard InChI is InChI=1S/C14H23NO3/c1-4-12(7-8-16)15-10-11-5-6-13(17-2)9-14(11)18-3/h5-6,9,12,15-16H,4,7-8,10H2,1-3H3. The fourth-order valence-electron chi connectivity index (χ4n) is 1.86. The molecule has 18 heavy (non-hydrogen) atoms. The number of methoxy groups -OCH3 is 2. The molecule has 4 nitrogen and oxygen atoms in total. The van der Waals surface area contributed by atoms with Crippen molar-refractivity contribution in [1.82, 2.24) is 5.32 Å². The van der Waals surface area contributed by atoms with Gasteiger partial charge in [0.1, 0.15) is 11.5 Å². The quantitative estimate of drug-likeness (QED) is 0.743. The van der Waals surface area contributed by atoms with E-state index >= 15 is 0 Å². The third-order valence-corrected chi connectivity index (χ3v) is 3.05. The first kappa shape index (κ1) is 14.8. The molecule has 0 amide bonds. The largest absolute Gasteiger partial charge is 0.497 e. The number of nitrogens with one attached hydrogen (secondary N) is 1. The van der Waals surface area contributed by atoms with Crippen LogP contribution in [0.25, 0.3) is 0 Å². The minimum atomic E-state index is 0.214. The second-order valence-corrected chi connectivity index (χ2v) is 4.18. The van der Waals surface area contributed by atoms with Gasteiger partial charge in [0.2, 0.25) is 0 Å². The number of aliphatic hydroxyl groups is 1. The minimum Gasteiger partial charge on any atom is -0.497 e. The van der Waals surface area contributed by atoms with E-state index in [1.165, 1.54) is 0 Å². The van der Waals surface area contributed by atoms with Crippen LogP contribution in [0.4, 0.5) is 0 Å². The zero-order valence-electron chi connectivity index (χ0n) is 11.4. The summed E-state index contributed by atoms with van der Waals surface area (Å²) in [6.07, 6.45) is 1.77. The molecule has 4 heteroatoms. The number of hydrogen-bond acceptors (Lipinski definition) is 4. The predicted molar refractivity (Wildman–Crippen MR) is 72.2 cm³/mol. The molecule has 0 aliphatic heterocycles. The fourth-order valence-corrected chi connectivity index (χ4v) is 1.86. The van der Waals surface area contributed by atoms with E-state index in [9.17, 15) is 0 Å². The minimum absolute atomic E-state index is 0.214. The van der Waals surface area contributed by atoms with Crippen molar-refractivity contribution < 1.29 is 14.6 Å². The molecular formula is C14H23NO3. The molecule has 1 atom stereocenters. The average molecular weight is 253 g/mol. The van der Waals surface area contributed by atoms with Crippen LogP contribution < -0.4 is 14.8 Å². The van der Waals surface area contributed by atoms with Gasteiger partial charge in [-0.1, -0.05) is 13.0 Å². The van der Waals surface area contributed by atoms with E-state index in [1.54, 1.807) is 14.2 Å². The van der Waals surface area contributed by atoms with Crippen molar-refractivity contribution in [2.75, 3.05) is 20.8 Å². The maximum Gasteiger partial charge on any atom is 0.127 e.